The lowest BCUT2D eigenvalue weighted by atomic mass is 9.97. The van der Waals surface area contributed by atoms with Crippen molar-refractivity contribution in [3.63, 3.8) is 0 Å². The summed E-state index contributed by atoms with van der Waals surface area (Å²) in [7, 11) is 1.43. The van der Waals surface area contributed by atoms with E-state index < -0.39 is 0 Å². The second-order valence-electron chi connectivity index (χ2n) is 3.47. The maximum atomic E-state index is 11.3. The molecule has 0 fully saturated rings. The molecule has 0 radical (unpaired) electrons. The third kappa shape index (κ3) is 3.19. The highest BCUT2D eigenvalue weighted by atomic mass is 127. The number of halogens is 1. The number of hydrogen-bond acceptors (Lipinski definition) is 2. The molecule has 0 aliphatic rings. The number of esters is 1. The Balaban J connectivity index is 3.09. The summed E-state index contributed by atoms with van der Waals surface area (Å²) in [5.74, 6) is -0.172. The van der Waals surface area contributed by atoms with E-state index >= 15 is 0 Å². The van der Waals surface area contributed by atoms with Gasteiger partial charge in [-0.3, -0.25) is 4.79 Å². The first kappa shape index (κ1) is 12.5. The third-order valence-electron chi connectivity index (χ3n) is 2.46. The second-order valence-corrected chi connectivity index (χ2v) is 4.71. The van der Waals surface area contributed by atoms with Crippen molar-refractivity contribution in [3.05, 3.63) is 32.4 Å². The Labute approximate surface area is 104 Å². The number of methoxy groups -OCH3 is 1. The molecule has 0 saturated carbocycles. The van der Waals surface area contributed by atoms with Gasteiger partial charge in [0, 0.05) is 3.57 Å². The fraction of sp³-hybridized carbons (Fsp3) is 0.417. The van der Waals surface area contributed by atoms with Gasteiger partial charge in [0.1, 0.15) is 0 Å². The Morgan fingerprint density at radius 1 is 1.47 bits per heavy atom. The highest BCUT2D eigenvalue weighted by Gasteiger charge is 2.10. The van der Waals surface area contributed by atoms with E-state index in [4.69, 9.17) is 4.74 Å². The lowest BCUT2D eigenvalue weighted by molar-refractivity contribution is -0.139. The second kappa shape index (κ2) is 5.49. The van der Waals surface area contributed by atoms with Gasteiger partial charge in [-0.2, -0.15) is 0 Å². The molecule has 0 N–H and O–H groups in total. The maximum Gasteiger partial charge on any atom is 0.309 e. The predicted molar refractivity (Wildman–Crippen MR) is 69.0 cm³/mol. The number of rotatable bonds is 3. The molecule has 82 valence electrons. The summed E-state index contributed by atoms with van der Waals surface area (Å²) >= 11 is 2.30. The molecule has 2 nitrogen and oxygen atoms in total. The molecule has 0 aliphatic carbocycles. The van der Waals surface area contributed by atoms with Crippen molar-refractivity contribution >= 4 is 28.6 Å². The molecule has 0 unspecified atom stereocenters. The number of aryl methyl sites for hydroxylation is 2. The summed E-state index contributed by atoms with van der Waals surface area (Å²) in [4.78, 5) is 11.3. The molecule has 0 amide bonds. The van der Waals surface area contributed by atoms with Crippen molar-refractivity contribution in [2.24, 2.45) is 0 Å². The van der Waals surface area contributed by atoms with Crippen molar-refractivity contribution in [2.75, 3.05) is 7.11 Å². The van der Waals surface area contributed by atoms with Crippen LogP contribution in [0.4, 0.5) is 0 Å². The van der Waals surface area contributed by atoms with Crippen LogP contribution in [-0.4, -0.2) is 13.1 Å². The van der Waals surface area contributed by atoms with Crippen LogP contribution in [0, 0.1) is 10.5 Å². The molecule has 0 spiro atoms. The van der Waals surface area contributed by atoms with Crippen LogP contribution in [0.25, 0.3) is 0 Å². The number of benzene rings is 1. The number of ether oxygens (including phenoxy) is 1. The molecule has 0 saturated heterocycles. The van der Waals surface area contributed by atoms with Crippen LogP contribution in [0.2, 0.25) is 0 Å². The summed E-state index contributed by atoms with van der Waals surface area (Å²) in [6.07, 6.45) is 1.33. The fourth-order valence-corrected chi connectivity index (χ4v) is 2.47. The molecule has 0 bridgehead atoms. The SMILES string of the molecule is CCc1cc(I)cc(C)c1CC(=O)OC. The molecule has 0 heterocycles. The zero-order valence-electron chi connectivity index (χ0n) is 9.26. The van der Waals surface area contributed by atoms with E-state index in [1.165, 1.54) is 21.8 Å². The van der Waals surface area contributed by atoms with Crippen LogP contribution < -0.4 is 0 Å². The minimum atomic E-state index is -0.172. The molecule has 15 heavy (non-hydrogen) atoms. The van der Waals surface area contributed by atoms with Gasteiger partial charge in [-0.05, 0) is 64.8 Å². The van der Waals surface area contributed by atoms with Gasteiger partial charge in [0.25, 0.3) is 0 Å². The largest absolute Gasteiger partial charge is 0.469 e. The van der Waals surface area contributed by atoms with E-state index in [2.05, 4.69) is 41.6 Å². The molecule has 0 aliphatic heterocycles. The lowest BCUT2D eigenvalue weighted by Gasteiger charge is -2.11. The van der Waals surface area contributed by atoms with Gasteiger partial charge in [-0.25, -0.2) is 0 Å². The van der Waals surface area contributed by atoms with Crippen molar-refractivity contribution in [1.82, 2.24) is 0 Å². The lowest BCUT2D eigenvalue weighted by Crippen LogP contribution is -2.08. The smallest absolute Gasteiger partial charge is 0.309 e. The fourth-order valence-electron chi connectivity index (χ4n) is 1.63. The Morgan fingerprint density at radius 2 is 2.13 bits per heavy atom. The van der Waals surface area contributed by atoms with E-state index in [1.54, 1.807) is 0 Å². The van der Waals surface area contributed by atoms with E-state index in [1.807, 2.05) is 6.92 Å². The summed E-state index contributed by atoms with van der Waals surface area (Å²) in [5.41, 5.74) is 3.53. The third-order valence-corrected chi connectivity index (χ3v) is 3.08. The molecule has 0 atom stereocenters. The van der Waals surface area contributed by atoms with Crippen molar-refractivity contribution < 1.29 is 9.53 Å². The molecule has 1 aromatic rings. The summed E-state index contributed by atoms with van der Waals surface area (Å²) in [6, 6.07) is 4.23. The van der Waals surface area contributed by atoms with Crippen LogP contribution >= 0.6 is 22.6 Å². The molecule has 0 aromatic heterocycles. The summed E-state index contributed by atoms with van der Waals surface area (Å²) < 4.78 is 5.92. The first-order chi connectivity index (χ1) is 7.08. The van der Waals surface area contributed by atoms with Gasteiger partial charge in [0.05, 0.1) is 13.5 Å². The topological polar surface area (TPSA) is 26.3 Å². The van der Waals surface area contributed by atoms with E-state index in [0.29, 0.717) is 6.42 Å². The Kier molecular flexibility index (Phi) is 4.57. The van der Waals surface area contributed by atoms with Crippen molar-refractivity contribution in [2.45, 2.75) is 26.7 Å². The molecular formula is C12H15IO2. The molecule has 1 rings (SSSR count). The average Bonchev–Trinajstić information content (AvgIpc) is 2.21. The zero-order chi connectivity index (χ0) is 11.4. The highest BCUT2D eigenvalue weighted by Crippen LogP contribution is 2.20. The number of carbonyl (C=O) groups excluding carboxylic acids is 1. The van der Waals surface area contributed by atoms with Gasteiger partial charge in [0.15, 0.2) is 0 Å². The van der Waals surface area contributed by atoms with Crippen LogP contribution in [-0.2, 0) is 22.4 Å². The minimum Gasteiger partial charge on any atom is -0.469 e. The summed E-state index contributed by atoms with van der Waals surface area (Å²) in [5, 5.41) is 0. The molecule has 1 aromatic carbocycles. The molecule has 3 heteroatoms. The van der Waals surface area contributed by atoms with Crippen LogP contribution in [0.15, 0.2) is 12.1 Å². The number of hydrogen-bond donors (Lipinski definition) is 0. The average molecular weight is 318 g/mol. The minimum absolute atomic E-state index is 0.172. The van der Waals surface area contributed by atoms with Gasteiger partial charge < -0.3 is 4.74 Å². The first-order valence-electron chi connectivity index (χ1n) is 4.93. The standard InChI is InChI=1S/C12H15IO2/c1-4-9-6-10(13)5-8(2)11(9)7-12(14)15-3/h5-6H,4,7H2,1-3H3. The van der Waals surface area contributed by atoms with Crippen molar-refractivity contribution in [3.8, 4) is 0 Å². The quantitative estimate of drug-likeness (QED) is 0.633. The normalized spacial score (nSPS) is 10.1. The predicted octanol–water partition coefficient (Wildman–Crippen LogP) is 2.88. The van der Waals surface area contributed by atoms with Gasteiger partial charge in [0.2, 0.25) is 0 Å². The molecular weight excluding hydrogens is 303 g/mol. The number of carbonyl (C=O) groups is 1. The van der Waals surface area contributed by atoms with Gasteiger partial charge >= 0.3 is 5.97 Å². The van der Waals surface area contributed by atoms with Gasteiger partial charge in [-0.15, -0.1) is 0 Å². The van der Waals surface area contributed by atoms with Crippen molar-refractivity contribution in [1.29, 1.82) is 0 Å². The Bertz CT molecular complexity index is 372. The Hall–Kier alpha value is -0.580. The first-order valence-corrected chi connectivity index (χ1v) is 6.01. The van der Waals surface area contributed by atoms with E-state index in [0.717, 1.165) is 12.0 Å². The van der Waals surface area contributed by atoms with E-state index in [9.17, 15) is 4.79 Å². The van der Waals surface area contributed by atoms with Crippen LogP contribution in [0.1, 0.15) is 23.6 Å². The highest BCUT2D eigenvalue weighted by molar-refractivity contribution is 14.1. The monoisotopic (exact) mass is 318 g/mol. The van der Waals surface area contributed by atoms with E-state index in [-0.39, 0.29) is 5.97 Å². The Morgan fingerprint density at radius 3 is 2.67 bits per heavy atom. The van der Waals surface area contributed by atoms with Gasteiger partial charge in [-0.1, -0.05) is 6.92 Å². The maximum absolute atomic E-state index is 11.3. The van der Waals surface area contributed by atoms with Crippen LogP contribution in [0.5, 0.6) is 0 Å². The van der Waals surface area contributed by atoms with Crippen LogP contribution in [0.3, 0.4) is 0 Å². The summed E-state index contributed by atoms with van der Waals surface area (Å²) in [6.45, 7) is 4.14. The zero-order valence-corrected chi connectivity index (χ0v) is 11.4.